The van der Waals surface area contributed by atoms with Gasteiger partial charge in [-0.1, -0.05) is 18.2 Å². The molecule has 4 rings (SSSR count). The van der Waals surface area contributed by atoms with Gasteiger partial charge in [-0.25, -0.2) is 18.4 Å². The second kappa shape index (κ2) is 8.82. The van der Waals surface area contributed by atoms with Crippen LogP contribution in [0.5, 0.6) is 5.75 Å². The van der Waals surface area contributed by atoms with Gasteiger partial charge in [-0.05, 0) is 31.7 Å². The summed E-state index contributed by atoms with van der Waals surface area (Å²) in [5.74, 6) is 0.643. The van der Waals surface area contributed by atoms with Gasteiger partial charge in [-0.15, -0.1) is 0 Å². The predicted octanol–water partition coefficient (Wildman–Crippen LogP) is 2.13. The number of nitrogens with zero attached hydrogens (tertiary/aromatic N) is 4. The monoisotopic (exact) mass is 444 g/mol. The number of likely N-dealkylation sites (tertiary alicyclic amines) is 1. The summed E-state index contributed by atoms with van der Waals surface area (Å²) in [7, 11) is -3.45. The predicted molar refractivity (Wildman–Crippen MR) is 117 cm³/mol. The van der Waals surface area contributed by atoms with Crippen LogP contribution in [0.3, 0.4) is 0 Å². The van der Waals surface area contributed by atoms with Crippen molar-refractivity contribution < 1.29 is 18.3 Å². The van der Waals surface area contributed by atoms with E-state index in [0.29, 0.717) is 43.1 Å². The lowest BCUT2D eigenvalue weighted by molar-refractivity contribution is -0.131. The fourth-order valence-corrected chi connectivity index (χ4v) is 5.20. The SMILES string of the molecule is CS(=O)(=O)c1cnc(N2CCCC2)nc1C1CCN(C(=O)Cc2ccccc2O)CC1. The number of phenolic OH excluding ortho intramolecular Hbond substituents is 1. The highest BCUT2D eigenvalue weighted by atomic mass is 32.2. The van der Waals surface area contributed by atoms with Crippen LogP contribution in [-0.4, -0.2) is 66.7 Å². The molecule has 0 bridgehead atoms. The van der Waals surface area contributed by atoms with Crippen molar-refractivity contribution in [1.29, 1.82) is 0 Å². The third-order valence-electron chi connectivity index (χ3n) is 6.13. The number of hydrogen-bond donors (Lipinski definition) is 1. The van der Waals surface area contributed by atoms with E-state index in [1.54, 1.807) is 29.2 Å². The minimum atomic E-state index is -3.45. The van der Waals surface area contributed by atoms with Crippen LogP contribution in [-0.2, 0) is 21.1 Å². The summed E-state index contributed by atoms with van der Waals surface area (Å²) < 4.78 is 24.7. The minimum Gasteiger partial charge on any atom is -0.508 e. The second-order valence-electron chi connectivity index (χ2n) is 8.35. The van der Waals surface area contributed by atoms with Crippen LogP contribution in [0.2, 0.25) is 0 Å². The van der Waals surface area contributed by atoms with Gasteiger partial charge >= 0.3 is 0 Å². The maximum Gasteiger partial charge on any atom is 0.227 e. The van der Waals surface area contributed by atoms with Gasteiger partial charge in [0.15, 0.2) is 9.84 Å². The van der Waals surface area contributed by atoms with Gasteiger partial charge in [-0.2, -0.15) is 0 Å². The van der Waals surface area contributed by atoms with E-state index in [9.17, 15) is 18.3 Å². The molecule has 1 aromatic heterocycles. The molecule has 9 heteroatoms. The van der Waals surface area contributed by atoms with Crippen LogP contribution in [0, 0.1) is 0 Å². The van der Waals surface area contributed by atoms with E-state index >= 15 is 0 Å². The zero-order valence-electron chi connectivity index (χ0n) is 17.7. The van der Waals surface area contributed by atoms with E-state index in [1.807, 2.05) is 0 Å². The molecule has 2 aliphatic rings. The Bertz CT molecular complexity index is 1060. The van der Waals surface area contributed by atoms with Crippen molar-refractivity contribution in [1.82, 2.24) is 14.9 Å². The Hall–Kier alpha value is -2.68. The minimum absolute atomic E-state index is 0.0382. The molecule has 0 atom stereocenters. The van der Waals surface area contributed by atoms with E-state index in [4.69, 9.17) is 4.98 Å². The fourth-order valence-electron chi connectivity index (χ4n) is 4.36. The molecule has 0 spiro atoms. The number of sulfone groups is 1. The first kappa shape index (κ1) is 21.5. The Morgan fingerprint density at radius 1 is 1.13 bits per heavy atom. The number of carbonyl (C=O) groups is 1. The molecular weight excluding hydrogens is 416 g/mol. The lowest BCUT2D eigenvalue weighted by Crippen LogP contribution is -2.39. The molecule has 31 heavy (non-hydrogen) atoms. The van der Waals surface area contributed by atoms with Crippen LogP contribution >= 0.6 is 0 Å². The third-order valence-corrected chi connectivity index (χ3v) is 7.24. The number of para-hydroxylation sites is 1. The number of piperidine rings is 1. The van der Waals surface area contributed by atoms with E-state index in [1.165, 1.54) is 12.5 Å². The number of hydrogen-bond acceptors (Lipinski definition) is 7. The molecule has 0 radical (unpaired) electrons. The molecule has 1 amide bonds. The molecule has 2 fully saturated rings. The van der Waals surface area contributed by atoms with Crippen molar-refractivity contribution in [3.63, 3.8) is 0 Å². The highest BCUT2D eigenvalue weighted by Gasteiger charge is 2.30. The first-order chi connectivity index (χ1) is 14.8. The number of rotatable bonds is 5. The third kappa shape index (κ3) is 4.81. The van der Waals surface area contributed by atoms with Gasteiger partial charge in [-0.3, -0.25) is 4.79 Å². The first-order valence-electron chi connectivity index (χ1n) is 10.7. The number of benzene rings is 1. The van der Waals surface area contributed by atoms with Crippen LogP contribution < -0.4 is 4.90 Å². The number of carbonyl (C=O) groups excluding carboxylic acids is 1. The topological polar surface area (TPSA) is 104 Å². The lowest BCUT2D eigenvalue weighted by Gasteiger charge is -2.32. The maximum absolute atomic E-state index is 12.7. The summed E-state index contributed by atoms with van der Waals surface area (Å²) in [6, 6.07) is 6.86. The van der Waals surface area contributed by atoms with E-state index in [-0.39, 0.29) is 28.9 Å². The number of phenols is 1. The summed E-state index contributed by atoms with van der Waals surface area (Å²) in [4.78, 5) is 25.8. The van der Waals surface area contributed by atoms with Crippen molar-refractivity contribution in [3.8, 4) is 5.75 Å². The number of aromatic nitrogens is 2. The number of anilines is 1. The van der Waals surface area contributed by atoms with E-state index < -0.39 is 9.84 Å². The zero-order valence-corrected chi connectivity index (χ0v) is 18.5. The summed E-state index contributed by atoms with van der Waals surface area (Å²) in [6.45, 7) is 2.83. The smallest absolute Gasteiger partial charge is 0.227 e. The molecule has 0 saturated carbocycles. The quantitative estimate of drug-likeness (QED) is 0.753. The van der Waals surface area contributed by atoms with Crippen molar-refractivity contribution >= 4 is 21.7 Å². The molecule has 2 saturated heterocycles. The molecule has 2 aliphatic heterocycles. The fraction of sp³-hybridized carbons (Fsp3) is 0.500. The number of amides is 1. The molecule has 1 aromatic carbocycles. The Morgan fingerprint density at radius 2 is 1.81 bits per heavy atom. The number of aromatic hydroxyl groups is 1. The average Bonchev–Trinajstić information content (AvgIpc) is 3.29. The van der Waals surface area contributed by atoms with Gasteiger partial charge in [0.1, 0.15) is 10.6 Å². The molecule has 8 nitrogen and oxygen atoms in total. The standard InChI is InChI=1S/C22H28N4O4S/c1-31(29,30)19-15-23-22(26-10-4-5-11-26)24-21(19)16-8-12-25(13-9-16)20(28)14-17-6-2-3-7-18(17)27/h2-3,6-7,15-16,27H,4-5,8-14H2,1H3. The Balaban J connectivity index is 1.49. The molecule has 1 N–H and O–H groups in total. The van der Waals surface area contributed by atoms with Crippen molar-refractivity contribution in [2.75, 3.05) is 37.3 Å². The van der Waals surface area contributed by atoms with Crippen molar-refractivity contribution in [3.05, 3.63) is 41.7 Å². The van der Waals surface area contributed by atoms with Gasteiger partial charge in [0.25, 0.3) is 0 Å². The summed E-state index contributed by atoms with van der Waals surface area (Å²) in [5.41, 5.74) is 1.19. The molecular formula is C22H28N4O4S. The largest absolute Gasteiger partial charge is 0.508 e. The first-order valence-corrected chi connectivity index (χ1v) is 12.6. The van der Waals surface area contributed by atoms with E-state index in [2.05, 4.69) is 9.88 Å². The highest BCUT2D eigenvalue weighted by Crippen LogP contribution is 2.33. The van der Waals surface area contributed by atoms with Gasteiger partial charge < -0.3 is 14.9 Å². The zero-order chi connectivity index (χ0) is 22.0. The van der Waals surface area contributed by atoms with Crippen LogP contribution in [0.1, 0.15) is 42.9 Å². The Kier molecular flexibility index (Phi) is 6.13. The van der Waals surface area contributed by atoms with Gasteiger partial charge in [0.05, 0.1) is 18.3 Å². The highest BCUT2D eigenvalue weighted by molar-refractivity contribution is 7.90. The van der Waals surface area contributed by atoms with Crippen LogP contribution in [0.25, 0.3) is 0 Å². The molecule has 0 aliphatic carbocycles. The maximum atomic E-state index is 12.7. The molecule has 3 heterocycles. The summed E-state index contributed by atoms with van der Waals surface area (Å²) >= 11 is 0. The second-order valence-corrected chi connectivity index (χ2v) is 10.3. The summed E-state index contributed by atoms with van der Waals surface area (Å²) in [6.07, 6.45) is 6.25. The normalized spacial score (nSPS) is 17.8. The van der Waals surface area contributed by atoms with Crippen molar-refractivity contribution in [2.24, 2.45) is 0 Å². The van der Waals surface area contributed by atoms with Gasteiger partial charge in [0.2, 0.25) is 11.9 Å². The van der Waals surface area contributed by atoms with Gasteiger partial charge in [0, 0.05) is 43.9 Å². The summed E-state index contributed by atoms with van der Waals surface area (Å²) in [5, 5.41) is 9.93. The van der Waals surface area contributed by atoms with Crippen LogP contribution in [0.15, 0.2) is 35.4 Å². The average molecular weight is 445 g/mol. The Labute approximate surface area is 182 Å². The Morgan fingerprint density at radius 3 is 2.45 bits per heavy atom. The van der Waals surface area contributed by atoms with Crippen molar-refractivity contribution in [2.45, 2.75) is 42.9 Å². The molecule has 0 unspecified atom stereocenters. The van der Waals surface area contributed by atoms with E-state index in [0.717, 1.165) is 25.9 Å². The van der Waals surface area contributed by atoms with Crippen LogP contribution in [0.4, 0.5) is 5.95 Å². The lowest BCUT2D eigenvalue weighted by atomic mass is 9.93. The molecule has 166 valence electrons. The molecule has 2 aromatic rings.